The molecule has 0 bridgehead atoms. The summed E-state index contributed by atoms with van der Waals surface area (Å²) in [5, 5.41) is 18.7. The number of carboxylic acids is 1. The van der Waals surface area contributed by atoms with Crippen molar-refractivity contribution in [2.75, 3.05) is 19.8 Å². The van der Waals surface area contributed by atoms with Crippen LogP contribution in [0.1, 0.15) is 12.0 Å². The van der Waals surface area contributed by atoms with Crippen molar-refractivity contribution in [3.05, 3.63) is 47.7 Å². The predicted octanol–water partition coefficient (Wildman–Crippen LogP) is 0.534. The Morgan fingerprint density at radius 1 is 1.42 bits per heavy atom. The number of ether oxygens (including phenoxy) is 2. The first-order chi connectivity index (χ1) is 11.6. The van der Waals surface area contributed by atoms with Crippen LogP contribution in [0.25, 0.3) is 0 Å². The van der Waals surface area contributed by atoms with Crippen LogP contribution in [-0.4, -0.2) is 58.6 Å². The lowest BCUT2D eigenvalue weighted by molar-refractivity contribution is -0.170. The fourth-order valence-electron chi connectivity index (χ4n) is 3.15. The molecule has 1 aromatic rings. The smallest absolute Gasteiger partial charge is 0.338 e. The molecule has 2 saturated heterocycles. The van der Waals surface area contributed by atoms with E-state index in [1.807, 2.05) is 30.3 Å². The molecular formula is C17H19NO6. The average molecular weight is 333 g/mol. The minimum atomic E-state index is -1.55. The first kappa shape index (κ1) is 16.5. The number of benzene rings is 1. The zero-order chi connectivity index (χ0) is 17.2. The summed E-state index contributed by atoms with van der Waals surface area (Å²) in [5.41, 5.74) is -0.754. The summed E-state index contributed by atoms with van der Waals surface area (Å²) in [6.07, 6.45) is 1.30. The Hall–Kier alpha value is -2.38. The summed E-state index contributed by atoms with van der Waals surface area (Å²) in [5.74, 6) is -1.15. The van der Waals surface area contributed by atoms with Crippen LogP contribution >= 0.6 is 0 Å². The van der Waals surface area contributed by atoms with Crippen LogP contribution in [-0.2, 0) is 25.5 Å². The van der Waals surface area contributed by atoms with Crippen LogP contribution in [0.3, 0.4) is 0 Å². The maximum Gasteiger partial charge on any atom is 0.338 e. The number of hydrogen-bond donors (Lipinski definition) is 2. The molecule has 2 N–H and O–H groups in total. The lowest BCUT2D eigenvalue weighted by atomic mass is 9.85. The Morgan fingerprint density at radius 3 is 2.79 bits per heavy atom. The Morgan fingerprint density at radius 2 is 2.17 bits per heavy atom. The lowest BCUT2D eigenvalue weighted by Gasteiger charge is -2.40. The predicted molar refractivity (Wildman–Crippen MR) is 82.8 cm³/mol. The second-order valence-corrected chi connectivity index (χ2v) is 5.74. The molecule has 2 aliphatic rings. The van der Waals surface area contributed by atoms with Gasteiger partial charge in [-0.3, -0.25) is 9.69 Å². The summed E-state index contributed by atoms with van der Waals surface area (Å²) in [6.45, 7) is 0.133. The number of aliphatic hydroxyl groups is 1. The van der Waals surface area contributed by atoms with Gasteiger partial charge in [0.15, 0.2) is 6.23 Å². The number of carboxylic acid groups (broad SMARTS) is 1. The minimum absolute atomic E-state index is 0.106. The molecule has 0 saturated carbocycles. The van der Waals surface area contributed by atoms with Gasteiger partial charge in [-0.2, -0.15) is 0 Å². The largest absolute Gasteiger partial charge is 0.479 e. The van der Waals surface area contributed by atoms with Gasteiger partial charge in [-0.15, -0.1) is 0 Å². The molecule has 2 fully saturated rings. The van der Waals surface area contributed by atoms with Crippen molar-refractivity contribution in [3.63, 3.8) is 0 Å². The van der Waals surface area contributed by atoms with Crippen LogP contribution in [0.5, 0.6) is 0 Å². The standard InChI is InChI=1S/C17H19NO6/c19-7-9-23-8-6-13-17(16(21)22,11-12-4-2-1-3-5-12)18-14(20)10-15(18)24-13/h1-6,15,19H,7-11H2,(H,21,22)/b13-6-/t15-,17-/m1/s1. The summed E-state index contributed by atoms with van der Waals surface area (Å²) >= 11 is 0. The van der Waals surface area contributed by atoms with E-state index in [9.17, 15) is 14.7 Å². The molecule has 1 amide bonds. The number of fused-ring (bicyclic) bond motifs is 1. The number of aliphatic carboxylic acids is 1. The van der Waals surface area contributed by atoms with E-state index in [1.54, 1.807) is 6.08 Å². The monoisotopic (exact) mass is 333 g/mol. The van der Waals surface area contributed by atoms with E-state index in [0.29, 0.717) is 0 Å². The van der Waals surface area contributed by atoms with Gasteiger partial charge >= 0.3 is 5.97 Å². The van der Waals surface area contributed by atoms with Gasteiger partial charge in [0.2, 0.25) is 11.4 Å². The highest BCUT2D eigenvalue weighted by molar-refractivity contribution is 5.94. The molecule has 128 valence electrons. The van der Waals surface area contributed by atoms with E-state index in [1.165, 1.54) is 4.90 Å². The number of rotatable bonds is 7. The Labute approximate surface area is 139 Å². The molecule has 7 nitrogen and oxygen atoms in total. The molecule has 7 heteroatoms. The Bertz CT molecular complexity index is 658. The SMILES string of the molecule is O=C1C[C@H]2O/C(=C\COCCO)[C@](Cc3ccccc3)(C(=O)O)N12. The van der Waals surface area contributed by atoms with Crippen molar-refractivity contribution in [1.29, 1.82) is 0 Å². The molecule has 0 spiro atoms. The fourth-order valence-corrected chi connectivity index (χ4v) is 3.15. The number of nitrogens with zero attached hydrogens (tertiary/aromatic N) is 1. The summed E-state index contributed by atoms with van der Waals surface area (Å²) in [4.78, 5) is 25.5. The van der Waals surface area contributed by atoms with Crippen LogP contribution in [0.4, 0.5) is 0 Å². The van der Waals surface area contributed by atoms with E-state index < -0.39 is 17.7 Å². The number of hydrogen-bond acceptors (Lipinski definition) is 5. The van der Waals surface area contributed by atoms with Crippen LogP contribution in [0, 0.1) is 0 Å². The zero-order valence-electron chi connectivity index (χ0n) is 13.1. The summed E-state index contributed by atoms with van der Waals surface area (Å²) < 4.78 is 10.9. The highest BCUT2D eigenvalue weighted by atomic mass is 16.5. The van der Waals surface area contributed by atoms with Gasteiger partial charge < -0.3 is 19.7 Å². The van der Waals surface area contributed by atoms with E-state index in [0.717, 1.165) is 5.56 Å². The van der Waals surface area contributed by atoms with Crippen molar-refractivity contribution in [3.8, 4) is 0 Å². The molecule has 0 unspecified atom stereocenters. The normalized spacial score (nSPS) is 26.9. The molecule has 0 aliphatic carbocycles. The van der Waals surface area contributed by atoms with Crippen LogP contribution < -0.4 is 0 Å². The highest BCUT2D eigenvalue weighted by Gasteiger charge is 2.64. The molecule has 2 atom stereocenters. The number of carbonyl (C=O) groups excluding carboxylic acids is 1. The summed E-state index contributed by atoms with van der Waals surface area (Å²) in [7, 11) is 0. The van der Waals surface area contributed by atoms with Crippen LogP contribution in [0.2, 0.25) is 0 Å². The maximum atomic E-state index is 12.2. The fraction of sp³-hybridized carbons (Fsp3) is 0.412. The third-order valence-electron chi connectivity index (χ3n) is 4.27. The topological polar surface area (TPSA) is 96.3 Å². The number of aliphatic hydroxyl groups excluding tert-OH is 1. The molecule has 24 heavy (non-hydrogen) atoms. The first-order valence-electron chi connectivity index (χ1n) is 7.75. The van der Waals surface area contributed by atoms with Gasteiger partial charge in [0.05, 0.1) is 26.2 Å². The molecule has 0 radical (unpaired) electrons. The summed E-state index contributed by atoms with van der Waals surface area (Å²) in [6, 6.07) is 9.14. The van der Waals surface area contributed by atoms with Crippen molar-refractivity contribution in [2.45, 2.75) is 24.6 Å². The third-order valence-corrected chi connectivity index (χ3v) is 4.27. The van der Waals surface area contributed by atoms with E-state index in [2.05, 4.69) is 0 Å². The molecule has 0 aromatic heterocycles. The van der Waals surface area contributed by atoms with E-state index in [4.69, 9.17) is 14.6 Å². The molecule has 3 rings (SSSR count). The second-order valence-electron chi connectivity index (χ2n) is 5.74. The second kappa shape index (κ2) is 6.62. The third kappa shape index (κ3) is 2.65. The van der Waals surface area contributed by atoms with E-state index in [-0.39, 0.29) is 44.3 Å². The number of amides is 1. The molecule has 1 aromatic carbocycles. The zero-order valence-corrected chi connectivity index (χ0v) is 13.1. The van der Waals surface area contributed by atoms with Crippen molar-refractivity contribution in [2.24, 2.45) is 0 Å². The quantitative estimate of drug-likeness (QED) is 0.558. The number of β-lactam (4-membered cyclic amide) rings is 1. The average Bonchev–Trinajstić information content (AvgIpc) is 2.81. The molecular weight excluding hydrogens is 314 g/mol. The molecule has 2 aliphatic heterocycles. The van der Waals surface area contributed by atoms with Gasteiger partial charge in [0.25, 0.3) is 0 Å². The van der Waals surface area contributed by atoms with Gasteiger partial charge in [0.1, 0.15) is 5.76 Å². The van der Waals surface area contributed by atoms with Crippen LogP contribution in [0.15, 0.2) is 42.2 Å². The maximum absolute atomic E-state index is 12.2. The van der Waals surface area contributed by atoms with Gasteiger partial charge in [-0.05, 0) is 11.6 Å². The van der Waals surface area contributed by atoms with Gasteiger partial charge in [-0.1, -0.05) is 30.3 Å². The first-order valence-corrected chi connectivity index (χ1v) is 7.75. The van der Waals surface area contributed by atoms with Crippen molar-refractivity contribution >= 4 is 11.9 Å². The Kier molecular flexibility index (Phi) is 4.55. The van der Waals surface area contributed by atoms with Crippen molar-refractivity contribution < 1.29 is 29.3 Å². The van der Waals surface area contributed by atoms with Gasteiger partial charge in [-0.25, -0.2) is 4.79 Å². The minimum Gasteiger partial charge on any atom is -0.479 e. The number of carbonyl (C=O) groups is 2. The molecule has 2 heterocycles. The van der Waals surface area contributed by atoms with Gasteiger partial charge in [0, 0.05) is 6.42 Å². The Balaban J connectivity index is 1.94. The van der Waals surface area contributed by atoms with Crippen molar-refractivity contribution in [1.82, 2.24) is 4.90 Å². The highest BCUT2D eigenvalue weighted by Crippen LogP contribution is 2.46. The lowest BCUT2D eigenvalue weighted by Crippen LogP contribution is -2.63. The van der Waals surface area contributed by atoms with E-state index >= 15 is 0 Å².